The summed E-state index contributed by atoms with van der Waals surface area (Å²) in [6, 6.07) is 17.0. The van der Waals surface area contributed by atoms with Crippen LogP contribution in [0.1, 0.15) is 42.9 Å². The number of benzene rings is 2. The van der Waals surface area contributed by atoms with E-state index < -0.39 is 0 Å². The Morgan fingerprint density at radius 3 is 2.32 bits per heavy atom. The van der Waals surface area contributed by atoms with Gasteiger partial charge in [-0.3, -0.25) is 9.58 Å². The lowest BCUT2D eigenvalue weighted by Gasteiger charge is -2.41. The molecule has 0 spiro atoms. The van der Waals surface area contributed by atoms with E-state index in [-0.39, 0.29) is 5.82 Å². The quantitative estimate of drug-likeness (QED) is 0.538. The molecule has 2 fully saturated rings. The van der Waals surface area contributed by atoms with Crippen LogP contribution in [0.25, 0.3) is 11.3 Å². The predicted molar refractivity (Wildman–Crippen MR) is 136 cm³/mol. The molecule has 2 aliphatic rings. The second-order valence-electron chi connectivity index (χ2n) is 10.0. The molecule has 1 aliphatic heterocycles. The fourth-order valence-corrected chi connectivity index (χ4v) is 5.32. The van der Waals surface area contributed by atoms with E-state index in [9.17, 15) is 4.39 Å². The van der Waals surface area contributed by atoms with Crippen LogP contribution in [0.3, 0.4) is 0 Å². The molecule has 6 heteroatoms. The minimum Gasteiger partial charge on any atom is -0.381 e. The van der Waals surface area contributed by atoms with Gasteiger partial charge in [-0.2, -0.15) is 5.10 Å². The Labute approximate surface area is 202 Å². The molecule has 34 heavy (non-hydrogen) atoms. The third-order valence-corrected chi connectivity index (χ3v) is 7.58. The zero-order valence-corrected chi connectivity index (χ0v) is 20.4. The van der Waals surface area contributed by atoms with Crippen molar-refractivity contribution < 1.29 is 4.39 Å². The molecule has 5 rings (SSSR count). The zero-order valence-electron chi connectivity index (χ0n) is 20.4. The van der Waals surface area contributed by atoms with Crippen molar-refractivity contribution in [3.8, 4) is 11.3 Å². The Balaban J connectivity index is 1.15. The van der Waals surface area contributed by atoms with Crippen molar-refractivity contribution in [1.82, 2.24) is 19.6 Å². The van der Waals surface area contributed by atoms with Crippen LogP contribution in [0.2, 0.25) is 0 Å². The Morgan fingerprint density at radius 2 is 1.62 bits per heavy atom. The van der Waals surface area contributed by atoms with Crippen LogP contribution in [0.5, 0.6) is 0 Å². The van der Waals surface area contributed by atoms with Gasteiger partial charge in [-0.1, -0.05) is 24.3 Å². The summed E-state index contributed by atoms with van der Waals surface area (Å²) in [5.41, 5.74) is 4.71. The van der Waals surface area contributed by atoms with Crippen LogP contribution >= 0.6 is 0 Å². The largest absolute Gasteiger partial charge is 0.381 e. The molecule has 1 N–H and O–H groups in total. The molecule has 2 aromatic carbocycles. The van der Waals surface area contributed by atoms with Crippen molar-refractivity contribution in [3.63, 3.8) is 0 Å². The number of anilines is 1. The number of rotatable bonds is 6. The average molecular weight is 462 g/mol. The Kier molecular flexibility index (Phi) is 6.97. The number of hydrogen-bond donors (Lipinski definition) is 1. The molecule has 1 saturated heterocycles. The van der Waals surface area contributed by atoms with Crippen LogP contribution in [-0.2, 0) is 6.54 Å². The highest BCUT2D eigenvalue weighted by Crippen LogP contribution is 2.32. The van der Waals surface area contributed by atoms with Gasteiger partial charge in [0, 0.05) is 61.8 Å². The zero-order chi connectivity index (χ0) is 23.5. The van der Waals surface area contributed by atoms with Crippen molar-refractivity contribution in [2.75, 3.05) is 38.5 Å². The van der Waals surface area contributed by atoms with E-state index in [2.05, 4.69) is 51.2 Å². The first-order valence-electron chi connectivity index (χ1n) is 12.6. The lowest BCUT2D eigenvalue weighted by molar-refractivity contribution is 0.0811. The van der Waals surface area contributed by atoms with E-state index in [0.29, 0.717) is 18.2 Å². The highest BCUT2D eigenvalue weighted by molar-refractivity contribution is 5.62. The fourth-order valence-electron chi connectivity index (χ4n) is 5.32. The standard InChI is InChI=1S/C28H36FN5/c1-21-3-4-23(27(29)19-21)20-30-24-7-5-22(6-8-24)28-13-14-34(31-28)26-11-9-25(10-12-26)33-17-15-32(2)16-18-33/h3-8,13-14,19,25-26,30H,9-12,15-18,20H2,1-2H3/t25-,26+. The van der Waals surface area contributed by atoms with E-state index in [4.69, 9.17) is 5.10 Å². The van der Waals surface area contributed by atoms with Crippen molar-refractivity contribution >= 4 is 5.69 Å². The van der Waals surface area contributed by atoms with Gasteiger partial charge in [0.05, 0.1) is 11.7 Å². The third kappa shape index (κ3) is 5.34. The number of aromatic nitrogens is 2. The second-order valence-corrected chi connectivity index (χ2v) is 10.0. The minimum absolute atomic E-state index is 0.160. The number of halogens is 1. The topological polar surface area (TPSA) is 36.3 Å². The molecule has 1 aliphatic carbocycles. The highest BCUT2D eigenvalue weighted by atomic mass is 19.1. The molecule has 0 amide bonds. The first-order chi connectivity index (χ1) is 16.5. The van der Waals surface area contributed by atoms with E-state index in [1.54, 1.807) is 6.07 Å². The Hall–Kier alpha value is -2.70. The smallest absolute Gasteiger partial charge is 0.128 e. The molecule has 0 atom stereocenters. The van der Waals surface area contributed by atoms with Crippen molar-refractivity contribution in [1.29, 1.82) is 0 Å². The fraction of sp³-hybridized carbons (Fsp3) is 0.464. The van der Waals surface area contributed by atoms with Gasteiger partial charge in [0.25, 0.3) is 0 Å². The molecule has 0 unspecified atom stereocenters. The van der Waals surface area contributed by atoms with Gasteiger partial charge in [-0.25, -0.2) is 4.39 Å². The number of aryl methyl sites for hydroxylation is 1. The van der Waals surface area contributed by atoms with Crippen LogP contribution in [0.15, 0.2) is 54.7 Å². The van der Waals surface area contributed by atoms with Gasteiger partial charge in [0.1, 0.15) is 5.82 Å². The van der Waals surface area contributed by atoms with E-state index in [0.717, 1.165) is 28.6 Å². The van der Waals surface area contributed by atoms with Gasteiger partial charge in [-0.05, 0) is 69.5 Å². The van der Waals surface area contributed by atoms with E-state index in [1.165, 1.54) is 51.9 Å². The SMILES string of the molecule is Cc1ccc(CNc2ccc(-c3ccn([C@H]4CC[C@@H](N5CCN(C)CC5)CC4)n3)cc2)c(F)c1. The summed E-state index contributed by atoms with van der Waals surface area (Å²) in [6.07, 6.45) is 7.09. The second kappa shape index (κ2) is 10.3. The summed E-state index contributed by atoms with van der Waals surface area (Å²) in [4.78, 5) is 5.13. The molecule has 180 valence electrons. The summed E-state index contributed by atoms with van der Waals surface area (Å²) in [6.45, 7) is 7.18. The average Bonchev–Trinajstić information content (AvgIpc) is 3.35. The maximum atomic E-state index is 14.1. The summed E-state index contributed by atoms with van der Waals surface area (Å²) < 4.78 is 16.3. The van der Waals surface area contributed by atoms with E-state index in [1.807, 2.05) is 31.2 Å². The molecule has 1 aromatic heterocycles. The Bertz CT molecular complexity index is 1080. The summed E-state index contributed by atoms with van der Waals surface area (Å²) >= 11 is 0. The van der Waals surface area contributed by atoms with Gasteiger partial charge in [0.15, 0.2) is 0 Å². The lowest BCUT2D eigenvalue weighted by Crippen LogP contribution is -2.49. The molecule has 1 saturated carbocycles. The number of nitrogens with one attached hydrogen (secondary N) is 1. The maximum absolute atomic E-state index is 14.1. The molecular weight excluding hydrogens is 425 g/mol. The highest BCUT2D eigenvalue weighted by Gasteiger charge is 2.28. The first kappa shape index (κ1) is 23.1. The number of likely N-dealkylation sites (N-methyl/N-ethyl adjacent to an activating group) is 1. The molecule has 0 bridgehead atoms. The molecule has 2 heterocycles. The normalized spacial score (nSPS) is 22.1. The van der Waals surface area contributed by atoms with Crippen LogP contribution in [0.4, 0.5) is 10.1 Å². The maximum Gasteiger partial charge on any atom is 0.128 e. The minimum atomic E-state index is -0.160. The number of piperazine rings is 1. The van der Waals surface area contributed by atoms with Crippen molar-refractivity contribution in [3.05, 3.63) is 71.7 Å². The van der Waals surface area contributed by atoms with Gasteiger partial charge < -0.3 is 10.2 Å². The van der Waals surface area contributed by atoms with Gasteiger partial charge in [-0.15, -0.1) is 0 Å². The third-order valence-electron chi connectivity index (χ3n) is 7.58. The summed E-state index contributed by atoms with van der Waals surface area (Å²) in [5.74, 6) is -0.160. The Morgan fingerprint density at radius 1 is 0.912 bits per heavy atom. The predicted octanol–water partition coefficient (Wildman–Crippen LogP) is 5.34. The monoisotopic (exact) mass is 461 g/mol. The van der Waals surface area contributed by atoms with Crippen molar-refractivity contribution in [2.24, 2.45) is 0 Å². The lowest BCUT2D eigenvalue weighted by atomic mass is 9.90. The van der Waals surface area contributed by atoms with E-state index >= 15 is 0 Å². The molecule has 5 nitrogen and oxygen atoms in total. The van der Waals surface area contributed by atoms with Gasteiger partial charge >= 0.3 is 0 Å². The van der Waals surface area contributed by atoms with Crippen LogP contribution in [-0.4, -0.2) is 58.8 Å². The molecular formula is C28H36FN5. The van der Waals surface area contributed by atoms with Gasteiger partial charge in [0.2, 0.25) is 0 Å². The molecule has 0 radical (unpaired) electrons. The molecule has 3 aromatic rings. The summed E-state index contributed by atoms with van der Waals surface area (Å²) in [7, 11) is 2.22. The first-order valence-corrected chi connectivity index (χ1v) is 12.6. The summed E-state index contributed by atoms with van der Waals surface area (Å²) in [5, 5.41) is 8.24. The number of nitrogens with zero attached hydrogens (tertiary/aromatic N) is 4. The number of hydrogen-bond acceptors (Lipinski definition) is 4. The van der Waals surface area contributed by atoms with Crippen LogP contribution in [0, 0.1) is 12.7 Å². The van der Waals surface area contributed by atoms with Crippen molar-refractivity contribution in [2.45, 2.75) is 51.2 Å². The van der Waals surface area contributed by atoms with Crippen LogP contribution < -0.4 is 5.32 Å².